The van der Waals surface area contributed by atoms with E-state index in [1.54, 1.807) is 30.3 Å². The van der Waals surface area contributed by atoms with Gasteiger partial charge in [-0.25, -0.2) is 5.84 Å². The fourth-order valence-electron chi connectivity index (χ4n) is 1.45. The Morgan fingerprint density at radius 2 is 2.00 bits per heavy atom. The summed E-state index contributed by atoms with van der Waals surface area (Å²) in [5.41, 5.74) is 2.55. The summed E-state index contributed by atoms with van der Waals surface area (Å²) in [6.45, 7) is 0.179. The molecule has 2 aromatic rings. The number of amides is 1. The van der Waals surface area contributed by atoms with Crippen LogP contribution in [0, 0.1) is 0 Å². The summed E-state index contributed by atoms with van der Waals surface area (Å²) in [6, 6.07) is 9.80. The summed E-state index contributed by atoms with van der Waals surface area (Å²) >= 11 is 0. The number of carbonyl (C=O) groups excluding carboxylic acids is 2. The van der Waals surface area contributed by atoms with Crippen molar-refractivity contribution in [2.75, 3.05) is 0 Å². The van der Waals surface area contributed by atoms with Crippen molar-refractivity contribution in [2.45, 2.75) is 6.61 Å². The lowest BCUT2D eigenvalue weighted by molar-refractivity contribution is 0.0921. The van der Waals surface area contributed by atoms with Gasteiger partial charge < -0.3 is 9.15 Å². The van der Waals surface area contributed by atoms with Gasteiger partial charge in [-0.15, -0.1) is 0 Å². The van der Waals surface area contributed by atoms with Crippen LogP contribution in [0.25, 0.3) is 0 Å². The zero-order chi connectivity index (χ0) is 13.7. The maximum Gasteiger partial charge on any atom is 0.300 e. The van der Waals surface area contributed by atoms with E-state index in [-0.39, 0.29) is 12.4 Å². The van der Waals surface area contributed by atoms with Crippen LogP contribution in [0.4, 0.5) is 0 Å². The minimum Gasteiger partial charge on any atom is -0.486 e. The molecule has 0 aliphatic carbocycles. The molecule has 0 radical (unpaired) electrons. The Bertz CT molecular complexity index is 575. The summed E-state index contributed by atoms with van der Waals surface area (Å²) in [5.74, 6) is 5.71. The van der Waals surface area contributed by atoms with E-state index in [0.717, 1.165) is 6.29 Å². The molecule has 0 saturated carbocycles. The van der Waals surface area contributed by atoms with Crippen LogP contribution in [0.2, 0.25) is 0 Å². The molecule has 0 fully saturated rings. The van der Waals surface area contributed by atoms with E-state index in [0.29, 0.717) is 17.1 Å². The molecule has 6 heteroatoms. The van der Waals surface area contributed by atoms with Crippen molar-refractivity contribution in [2.24, 2.45) is 5.84 Å². The van der Waals surface area contributed by atoms with Gasteiger partial charge in [-0.3, -0.25) is 15.0 Å². The van der Waals surface area contributed by atoms with E-state index in [9.17, 15) is 9.59 Å². The van der Waals surface area contributed by atoms with Crippen LogP contribution in [-0.4, -0.2) is 12.2 Å². The van der Waals surface area contributed by atoms with Crippen LogP contribution >= 0.6 is 0 Å². The number of aldehydes is 1. The molecule has 1 amide bonds. The Labute approximate surface area is 109 Å². The average Bonchev–Trinajstić information content (AvgIpc) is 2.93. The van der Waals surface area contributed by atoms with Crippen molar-refractivity contribution in [1.29, 1.82) is 0 Å². The minimum atomic E-state index is -0.499. The number of ether oxygens (including phenoxy) is 1. The SMILES string of the molecule is NNC(=O)c1ccc(COc2ccc(C=O)cc2)o1. The van der Waals surface area contributed by atoms with Crippen molar-refractivity contribution in [3.63, 3.8) is 0 Å². The molecule has 3 N–H and O–H groups in total. The van der Waals surface area contributed by atoms with E-state index in [1.165, 1.54) is 6.07 Å². The Hall–Kier alpha value is -2.60. The second-order valence-corrected chi connectivity index (χ2v) is 3.71. The van der Waals surface area contributed by atoms with Crippen molar-refractivity contribution in [3.05, 3.63) is 53.5 Å². The molecule has 6 nitrogen and oxygen atoms in total. The predicted octanol–water partition coefficient (Wildman–Crippen LogP) is 1.27. The average molecular weight is 260 g/mol. The Balaban J connectivity index is 1.96. The van der Waals surface area contributed by atoms with Crippen molar-refractivity contribution in [1.82, 2.24) is 5.43 Å². The number of rotatable bonds is 5. The highest BCUT2D eigenvalue weighted by Gasteiger charge is 2.09. The van der Waals surface area contributed by atoms with Gasteiger partial charge in [-0.2, -0.15) is 0 Å². The fraction of sp³-hybridized carbons (Fsp3) is 0.0769. The zero-order valence-corrected chi connectivity index (χ0v) is 9.96. The number of nitrogens with one attached hydrogen (secondary N) is 1. The van der Waals surface area contributed by atoms with Gasteiger partial charge in [-0.05, 0) is 36.4 Å². The number of furan rings is 1. The highest BCUT2D eigenvalue weighted by atomic mass is 16.5. The summed E-state index contributed by atoms with van der Waals surface area (Å²) in [5, 5.41) is 0. The lowest BCUT2D eigenvalue weighted by Crippen LogP contribution is -2.29. The van der Waals surface area contributed by atoms with Gasteiger partial charge in [0.25, 0.3) is 0 Å². The van der Waals surface area contributed by atoms with Gasteiger partial charge in [0, 0.05) is 5.56 Å². The van der Waals surface area contributed by atoms with Crippen LogP contribution in [-0.2, 0) is 6.61 Å². The molecule has 2 rings (SSSR count). The molecular weight excluding hydrogens is 248 g/mol. The third-order valence-electron chi connectivity index (χ3n) is 2.41. The number of carbonyl (C=O) groups is 2. The van der Waals surface area contributed by atoms with E-state index in [4.69, 9.17) is 15.0 Å². The van der Waals surface area contributed by atoms with Crippen LogP contribution in [0.15, 0.2) is 40.8 Å². The topological polar surface area (TPSA) is 94.6 Å². The van der Waals surface area contributed by atoms with Crippen molar-refractivity contribution in [3.8, 4) is 5.75 Å². The van der Waals surface area contributed by atoms with Gasteiger partial charge in [0.1, 0.15) is 24.4 Å². The van der Waals surface area contributed by atoms with E-state index < -0.39 is 5.91 Å². The maximum atomic E-state index is 11.2. The third kappa shape index (κ3) is 3.20. The number of hydrazine groups is 1. The normalized spacial score (nSPS) is 9.95. The lowest BCUT2D eigenvalue weighted by atomic mass is 10.2. The lowest BCUT2D eigenvalue weighted by Gasteiger charge is -2.03. The molecule has 0 aliphatic heterocycles. The molecule has 1 aromatic heterocycles. The zero-order valence-electron chi connectivity index (χ0n) is 9.96. The summed E-state index contributed by atoms with van der Waals surface area (Å²) in [7, 11) is 0. The van der Waals surface area contributed by atoms with Gasteiger partial charge in [0.2, 0.25) is 0 Å². The smallest absolute Gasteiger partial charge is 0.300 e. The van der Waals surface area contributed by atoms with Crippen LogP contribution in [0.1, 0.15) is 26.7 Å². The maximum absolute atomic E-state index is 11.2. The third-order valence-corrected chi connectivity index (χ3v) is 2.41. The predicted molar refractivity (Wildman–Crippen MR) is 66.5 cm³/mol. The van der Waals surface area contributed by atoms with Gasteiger partial charge in [0.05, 0.1) is 0 Å². The van der Waals surface area contributed by atoms with Crippen molar-refractivity contribution >= 4 is 12.2 Å². The first kappa shape index (κ1) is 12.8. The van der Waals surface area contributed by atoms with Crippen LogP contribution < -0.4 is 16.0 Å². The molecule has 98 valence electrons. The molecule has 0 atom stereocenters. The second-order valence-electron chi connectivity index (χ2n) is 3.71. The molecule has 1 aromatic carbocycles. The first-order valence-corrected chi connectivity index (χ1v) is 5.50. The molecule has 1 heterocycles. The molecular formula is C13H12N2O4. The Morgan fingerprint density at radius 3 is 2.63 bits per heavy atom. The molecule has 0 unspecified atom stereocenters. The van der Waals surface area contributed by atoms with Gasteiger partial charge in [-0.1, -0.05) is 0 Å². The number of benzene rings is 1. The van der Waals surface area contributed by atoms with Gasteiger partial charge >= 0.3 is 5.91 Å². The van der Waals surface area contributed by atoms with E-state index >= 15 is 0 Å². The first-order valence-electron chi connectivity index (χ1n) is 5.50. The first-order chi connectivity index (χ1) is 9.22. The number of hydrogen-bond acceptors (Lipinski definition) is 5. The summed E-state index contributed by atoms with van der Waals surface area (Å²) in [4.78, 5) is 21.7. The number of nitrogen functional groups attached to an aromatic ring is 1. The Morgan fingerprint density at radius 1 is 1.26 bits per heavy atom. The largest absolute Gasteiger partial charge is 0.486 e. The molecule has 19 heavy (non-hydrogen) atoms. The van der Waals surface area contributed by atoms with E-state index in [2.05, 4.69) is 0 Å². The highest BCUT2D eigenvalue weighted by molar-refractivity contribution is 5.90. The molecule has 0 saturated heterocycles. The Kier molecular flexibility index (Phi) is 3.94. The monoisotopic (exact) mass is 260 g/mol. The highest BCUT2D eigenvalue weighted by Crippen LogP contribution is 2.15. The van der Waals surface area contributed by atoms with E-state index in [1.807, 2.05) is 5.43 Å². The molecule has 0 aliphatic rings. The van der Waals surface area contributed by atoms with Crippen LogP contribution in [0.5, 0.6) is 5.75 Å². The fourth-order valence-corrected chi connectivity index (χ4v) is 1.45. The molecule has 0 bridgehead atoms. The number of hydrogen-bond donors (Lipinski definition) is 2. The number of nitrogens with two attached hydrogens (primary N) is 1. The van der Waals surface area contributed by atoms with Gasteiger partial charge in [0.15, 0.2) is 5.76 Å². The molecule has 0 spiro atoms. The van der Waals surface area contributed by atoms with Crippen LogP contribution in [0.3, 0.4) is 0 Å². The second kappa shape index (κ2) is 5.83. The quantitative estimate of drug-likeness (QED) is 0.365. The summed E-state index contributed by atoms with van der Waals surface area (Å²) < 4.78 is 10.7. The standard InChI is InChI=1S/C13H12N2O4/c14-15-13(17)12-6-5-11(19-12)8-18-10-3-1-9(7-16)2-4-10/h1-7H,8,14H2,(H,15,17). The van der Waals surface area contributed by atoms with Crippen molar-refractivity contribution < 1.29 is 18.7 Å². The summed E-state index contributed by atoms with van der Waals surface area (Å²) in [6.07, 6.45) is 0.758. The minimum absolute atomic E-state index is 0.123.